The van der Waals surface area contributed by atoms with E-state index in [0.717, 1.165) is 6.54 Å². The van der Waals surface area contributed by atoms with Crippen molar-refractivity contribution in [3.05, 3.63) is 0 Å². The summed E-state index contributed by atoms with van der Waals surface area (Å²) in [5, 5.41) is 3.66. The Labute approximate surface area is 116 Å². The summed E-state index contributed by atoms with van der Waals surface area (Å²) in [5.41, 5.74) is 0.236. The Morgan fingerprint density at radius 3 is 2.00 bits per heavy atom. The fraction of sp³-hybridized carbons (Fsp3) is 1.00. The van der Waals surface area contributed by atoms with E-state index >= 15 is 0 Å². The predicted octanol–water partition coefficient (Wildman–Crippen LogP) is 4.06. The van der Waals surface area contributed by atoms with E-state index in [1.54, 1.807) is 0 Å². The van der Waals surface area contributed by atoms with Gasteiger partial charge in [-0.2, -0.15) is 0 Å². The average Bonchev–Trinajstić information content (AvgIpc) is 2.31. The Bertz CT molecular complexity index is 188. The largest absolute Gasteiger partial charge is 0.312 e. The molecule has 2 nitrogen and oxygen atoms in total. The molecule has 0 aliphatic carbocycles. The summed E-state index contributed by atoms with van der Waals surface area (Å²) in [6.45, 7) is 10.2. The zero-order valence-corrected chi connectivity index (χ0v) is 13.7. The van der Waals surface area contributed by atoms with E-state index in [1.807, 2.05) is 0 Å². The average molecular weight is 256 g/mol. The Morgan fingerprint density at radius 2 is 1.50 bits per heavy atom. The summed E-state index contributed by atoms with van der Waals surface area (Å²) in [6.07, 6.45) is 9.62. The number of rotatable bonds is 11. The molecule has 1 atom stereocenters. The summed E-state index contributed by atoms with van der Waals surface area (Å²) in [6, 6.07) is 0.601. The van der Waals surface area contributed by atoms with Crippen molar-refractivity contribution in [3.8, 4) is 0 Å². The van der Waals surface area contributed by atoms with Crippen molar-refractivity contribution in [1.29, 1.82) is 0 Å². The number of hydrogen-bond donors (Lipinski definition) is 1. The molecule has 0 aromatic heterocycles. The van der Waals surface area contributed by atoms with Gasteiger partial charge in [0.2, 0.25) is 0 Å². The first-order chi connectivity index (χ1) is 8.46. The predicted molar refractivity (Wildman–Crippen MR) is 83.2 cm³/mol. The molecule has 0 amide bonds. The molecule has 0 rings (SSSR count). The molecule has 0 spiro atoms. The van der Waals surface area contributed by atoms with E-state index in [4.69, 9.17) is 0 Å². The molecule has 0 radical (unpaired) electrons. The minimum Gasteiger partial charge on any atom is -0.312 e. The lowest BCUT2D eigenvalue weighted by Gasteiger charge is -2.40. The zero-order valence-electron chi connectivity index (χ0n) is 13.7. The Morgan fingerprint density at radius 1 is 0.944 bits per heavy atom. The fourth-order valence-corrected chi connectivity index (χ4v) is 2.39. The molecule has 0 aromatic carbocycles. The maximum atomic E-state index is 3.66. The van der Waals surface area contributed by atoms with Gasteiger partial charge in [-0.3, -0.25) is 0 Å². The second-order valence-electron chi connectivity index (χ2n) is 6.21. The van der Waals surface area contributed by atoms with Crippen molar-refractivity contribution in [2.75, 3.05) is 20.6 Å². The molecular weight excluding hydrogens is 220 g/mol. The molecule has 110 valence electrons. The molecule has 0 heterocycles. The Kier molecular flexibility index (Phi) is 9.76. The molecule has 0 bridgehead atoms. The summed E-state index contributed by atoms with van der Waals surface area (Å²) >= 11 is 0. The van der Waals surface area contributed by atoms with Crippen molar-refractivity contribution in [2.24, 2.45) is 0 Å². The first-order valence-corrected chi connectivity index (χ1v) is 7.87. The monoisotopic (exact) mass is 256 g/mol. The van der Waals surface area contributed by atoms with Gasteiger partial charge in [-0.25, -0.2) is 0 Å². The minimum absolute atomic E-state index is 0.236. The molecule has 0 saturated carbocycles. The van der Waals surface area contributed by atoms with Crippen LogP contribution in [0.15, 0.2) is 0 Å². The van der Waals surface area contributed by atoms with Gasteiger partial charge in [0.25, 0.3) is 0 Å². The second kappa shape index (κ2) is 9.80. The van der Waals surface area contributed by atoms with E-state index in [1.165, 1.54) is 44.9 Å². The molecule has 0 fully saturated rings. The van der Waals surface area contributed by atoms with Crippen LogP contribution in [-0.2, 0) is 0 Å². The zero-order chi connectivity index (χ0) is 14.0. The molecular formula is C16H36N2. The van der Waals surface area contributed by atoms with Crippen LogP contribution in [0.4, 0.5) is 0 Å². The molecule has 18 heavy (non-hydrogen) atoms. The van der Waals surface area contributed by atoms with Gasteiger partial charge in [0.1, 0.15) is 0 Å². The van der Waals surface area contributed by atoms with Gasteiger partial charge < -0.3 is 10.2 Å². The Balaban J connectivity index is 3.97. The maximum Gasteiger partial charge on any atom is 0.0300 e. The highest BCUT2D eigenvalue weighted by atomic mass is 15.2. The van der Waals surface area contributed by atoms with Crippen LogP contribution in [0.2, 0.25) is 0 Å². The van der Waals surface area contributed by atoms with Crippen molar-refractivity contribution in [2.45, 2.75) is 84.2 Å². The van der Waals surface area contributed by atoms with Gasteiger partial charge in [0.15, 0.2) is 0 Å². The van der Waals surface area contributed by atoms with Gasteiger partial charge in [-0.05, 0) is 40.9 Å². The highest BCUT2D eigenvalue weighted by Gasteiger charge is 2.30. The van der Waals surface area contributed by atoms with E-state index in [9.17, 15) is 0 Å². The van der Waals surface area contributed by atoms with Gasteiger partial charge in [0.05, 0.1) is 0 Å². The lowest BCUT2D eigenvalue weighted by molar-refractivity contribution is 0.131. The topological polar surface area (TPSA) is 15.3 Å². The van der Waals surface area contributed by atoms with Crippen LogP contribution in [-0.4, -0.2) is 37.1 Å². The van der Waals surface area contributed by atoms with Crippen molar-refractivity contribution >= 4 is 0 Å². The first kappa shape index (κ1) is 17.9. The number of nitrogens with zero attached hydrogens (tertiary/aromatic N) is 1. The minimum atomic E-state index is 0.236. The lowest BCUT2D eigenvalue weighted by Crippen LogP contribution is -2.55. The number of unbranched alkanes of at least 4 members (excludes halogenated alkanes) is 5. The van der Waals surface area contributed by atoms with Crippen LogP contribution in [0.3, 0.4) is 0 Å². The van der Waals surface area contributed by atoms with Crippen LogP contribution in [0.5, 0.6) is 0 Å². The summed E-state index contributed by atoms with van der Waals surface area (Å²) < 4.78 is 0. The van der Waals surface area contributed by atoms with E-state index in [0.29, 0.717) is 6.04 Å². The quantitative estimate of drug-likeness (QED) is 0.561. The standard InChI is InChI=1S/C16H36N2/c1-7-9-10-11-12-13-14-15(17-8-2)16(3,4)18(5)6/h15,17H,7-14H2,1-6H3. The molecule has 1 N–H and O–H groups in total. The second-order valence-corrected chi connectivity index (χ2v) is 6.21. The third-order valence-corrected chi connectivity index (χ3v) is 4.30. The summed E-state index contributed by atoms with van der Waals surface area (Å²) in [7, 11) is 4.37. The Hall–Kier alpha value is -0.0800. The van der Waals surface area contributed by atoms with Gasteiger partial charge in [-0.1, -0.05) is 52.4 Å². The SMILES string of the molecule is CCCCCCCCC(NCC)C(C)(C)N(C)C. The van der Waals surface area contributed by atoms with Crippen LogP contribution >= 0.6 is 0 Å². The van der Waals surface area contributed by atoms with Crippen molar-refractivity contribution in [3.63, 3.8) is 0 Å². The first-order valence-electron chi connectivity index (χ1n) is 7.87. The van der Waals surface area contributed by atoms with Gasteiger partial charge >= 0.3 is 0 Å². The molecule has 0 aromatic rings. The number of nitrogens with one attached hydrogen (secondary N) is 1. The van der Waals surface area contributed by atoms with Crippen LogP contribution in [0.1, 0.15) is 72.6 Å². The van der Waals surface area contributed by atoms with E-state index in [-0.39, 0.29) is 5.54 Å². The van der Waals surface area contributed by atoms with Crippen LogP contribution < -0.4 is 5.32 Å². The normalized spacial score (nSPS) is 14.2. The fourth-order valence-electron chi connectivity index (χ4n) is 2.39. The maximum absolute atomic E-state index is 3.66. The third kappa shape index (κ3) is 6.75. The molecule has 1 unspecified atom stereocenters. The number of hydrogen-bond acceptors (Lipinski definition) is 2. The van der Waals surface area contributed by atoms with E-state index < -0.39 is 0 Å². The van der Waals surface area contributed by atoms with Crippen LogP contribution in [0.25, 0.3) is 0 Å². The molecule has 0 aliphatic heterocycles. The lowest BCUT2D eigenvalue weighted by atomic mass is 9.88. The van der Waals surface area contributed by atoms with Crippen molar-refractivity contribution < 1.29 is 0 Å². The smallest absolute Gasteiger partial charge is 0.0300 e. The van der Waals surface area contributed by atoms with Crippen molar-refractivity contribution in [1.82, 2.24) is 10.2 Å². The third-order valence-electron chi connectivity index (χ3n) is 4.30. The molecule has 2 heteroatoms. The van der Waals surface area contributed by atoms with Gasteiger partial charge in [0, 0.05) is 11.6 Å². The molecule has 0 saturated heterocycles. The highest BCUT2D eigenvalue weighted by Crippen LogP contribution is 2.21. The summed E-state index contributed by atoms with van der Waals surface area (Å²) in [4.78, 5) is 2.34. The van der Waals surface area contributed by atoms with E-state index in [2.05, 4.69) is 52.0 Å². The highest BCUT2D eigenvalue weighted by molar-refractivity contribution is 4.90. The van der Waals surface area contributed by atoms with Crippen LogP contribution in [0, 0.1) is 0 Å². The summed E-state index contributed by atoms with van der Waals surface area (Å²) in [5.74, 6) is 0. The van der Waals surface area contributed by atoms with Gasteiger partial charge in [-0.15, -0.1) is 0 Å². The molecule has 0 aliphatic rings. The number of likely N-dealkylation sites (N-methyl/N-ethyl adjacent to an activating group) is 2.